The molecule has 3 rings (SSSR count). The van der Waals surface area contributed by atoms with Crippen molar-refractivity contribution in [2.45, 2.75) is 18.9 Å². The first-order chi connectivity index (χ1) is 12.9. The smallest absolute Gasteiger partial charge is 0.338 e. The molecule has 0 saturated heterocycles. The maximum absolute atomic E-state index is 12.1. The van der Waals surface area contributed by atoms with Crippen LogP contribution in [0.1, 0.15) is 23.2 Å². The third kappa shape index (κ3) is 5.14. The Morgan fingerprint density at radius 3 is 2.70 bits per heavy atom. The number of pyridine rings is 1. The average Bonchev–Trinajstić information content (AvgIpc) is 3.46. The number of hydrogen-bond acceptors (Lipinski definition) is 7. The van der Waals surface area contributed by atoms with Crippen LogP contribution in [0.4, 0.5) is 17.2 Å². The zero-order valence-electron chi connectivity index (χ0n) is 14.0. The second-order valence-electron chi connectivity index (χ2n) is 5.89. The molecule has 2 aromatic rings. The van der Waals surface area contributed by atoms with Crippen molar-refractivity contribution in [2.24, 2.45) is 0 Å². The zero-order chi connectivity index (χ0) is 19.4. The molecule has 0 aliphatic heterocycles. The van der Waals surface area contributed by atoms with E-state index in [1.54, 1.807) is 6.07 Å². The zero-order valence-corrected chi connectivity index (χ0v) is 14.7. The van der Waals surface area contributed by atoms with Crippen molar-refractivity contribution in [1.29, 1.82) is 0 Å². The molecule has 1 aromatic carbocycles. The molecule has 9 nitrogen and oxygen atoms in total. The maximum atomic E-state index is 12.1. The number of hydrogen-bond donors (Lipinski definition) is 2. The summed E-state index contributed by atoms with van der Waals surface area (Å²) in [6, 6.07) is 7.28. The fourth-order valence-electron chi connectivity index (χ4n) is 2.22. The predicted octanol–water partition coefficient (Wildman–Crippen LogP) is 3.01. The molecule has 0 radical (unpaired) electrons. The molecule has 1 amide bonds. The average molecular weight is 391 g/mol. The van der Waals surface area contributed by atoms with E-state index in [1.165, 1.54) is 24.4 Å². The third-order valence-corrected chi connectivity index (χ3v) is 3.92. The molecule has 0 bridgehead atoms. The minimum atomic E-state index is -0.838. The lowest BCUT2D eigenvalue weighted by Gasteiger charge is -2.08. The molecule has 10 heteroatoms. The minimum Gasteiger partial charge on any atom is -0.452 e. The molecule has 0 spiro atoms. The van der Waals surface area contributed by atoms with Crippen molar-refractivity contribution in [1.82, 2.24) is 4.98 Å². The van der Waals surface area contributed by atoms with Crippen LogP contribution in [-0.2, 0) is 9.53 Å². The number of halogens is 1. The van der Waals surface area contributed by atoms with Crippen molar-refractivity contribution in [3.8, 4) is 0 Å². The number of rotatable bonds is 7. The molecular formula is C17H15ClN4O5. The van der Waals surface area contributed by atoms with Crippen LogP contribution in [0, 0.1) is 10.1 Å². The van der Waals surface area contributed by atoms with Gasteiger partial charge in [0, 0.05) is 18.3 Å². The Labute approximate surface area is 158 Å². The summed E-state index contributed by atoms with van der Waals surface area (Å²) < 4.78 is 4.91. The summed E-state index contributed by atoms with van der Waals surface area (Å²) in [6.45, 7) is -0.557. The number of aromatic nitrogens is 1. The molecule has 27 heavy (non-hydrogen) atoms. The normalized spacial score (nSPS) is 12.9. The van der Waals surface area contributed by atoms with Crippen molar-refractivity contribution >= 4 is 40.7 Å². The molecular weight excluding hydrogens is 376 g/mol. The van der Waals surface area contributed by atoms with Gasteiger partial charge in [0.25, 0.3) is 11.6 Å². The van der Waals surface area contributed by atoms with Gasteiger partial charge in [-0.3, -0.25) is 14.9 Å². The summed E-state index contributed by atoms with van der Waals surface area (Å²) in [7, 11) is 0. The van der Waals surface area contributed by atoms with Crippen LogP contribution in [0.3, 0.4) is 0 Å². The van der Waals surface area contributed by atoms with E-state index >= 15 is 0 Å². The molecule has 1 saturated carbocycles. The number of carbonyl (C=O) groups excluding carboxylic acids is 2. The van der Waals surface area contributed by atoms with Gasteiger partial charge in [0.1, 0.15) is 11.5 Å². The first-order valence-corrected chi connectivity index (χ1v) is 8.43. The van der Waals surface area contributed by atoms with E-state index in [9.17, 15) is 19.7 Å². The maximum Gasteiger partial charge on any atom is 0.338 e. The number of benzene rings is 1. The molecule has 1 heterocycles. The summed E-state index contributed by atoms with van der Waals surface area (Å²) in [5, 5.41) is 17.1. The van der Waals surface area contributed by atoms with Crippen molar-refractivity contribution in [3.63, 3.8) is 0 Å². The second kappa shape index (κ2) is 8.00. The standard InChI is InChI=1S/C17H15ClN4O5/c18-11-2-6-15(19-8-11)21-16(23)9-27-17(24)10-1-5-13(20-12-3-4-12)14(7-10)22(25)26/h1-2,5-8,12,20H,3-4,9H2,(H,19,21,23). The summed E-state index contributed by atoms with van der Waals surface area (Å²) in [5.74, 6) is -1.18. The summed E-state index contributed by atoms with van der Waals surface area (Å²) in [4.78, 5) is 38.4. The molecule has 1 aliphatic carbocycles. The van der Waals surface area contributed by atoms with E-state index in [2.05, 4.69) is 15.6 Å². The Morgan fingerprint density at radius 1 is 1.30 bits per heavy atom. The highest BCUT2D eigenvalue weighted by atomic mass is 35.5. The first-order valence-electron chi connectivity index (χ1n) is 8.06. The lowest BCUT2D eigenvalue weighted by atomic mass is 10.1. The van der Waals surface area contributed by atoms with Gasteiger partial charge in [-0.1, -0.05) is 11.6 Å². The van der Waals surface area contributed by atoms with Crippen LogP contribution < -0.4 is 10.6 Å². The van der Waals surface area contributed by atoms with Crippen LogP contribution in [0.2, 0.25) is 5.02 Å². The lowest BCUT2D eigenvalue weighted by molar-refractivity contribution is -0.384. The highest BCUT2D eigenvalue weighted by Gasteiger charge is 2.26. The number of nitrogens with one attached hydrogen (secondary N) is 2. The predicted molar refractivity (Wildman–Crippen MR) is 97.9 cm³/mol. The van der Waals surface area contributed by atoms with Gasteiger partial charge in [0.05, 0.1) is 15.5 Å². The van der Waals surface area contributed by atoms with Gasteiger partial charge in [-0.25, -0.2) is 9.78 Å². The monoisotopic (exact) mass is 390 g/mol. The van der Waals surface area contributed by atoms with E-state index in [-0.39, 0.29) is 23.1 Å². The summed E-state index contributed by atoms with van der Waals surface area (Å²) in [5.41, 5.74) is 0.122. The van der Waals surface area contributed by atoms with Crippen LogP contribution in [0.15, 0.2) is 36.5 Å². The van der Waals surface area contributed by atoms with Gasteiger partial charge >= 0.3 is 5.97 Å². The van der Waals surface area contributed by atoms with Gasteiger partial charge in [-0.15, -0.1) is 0 Å². The summed E-state index contributed by atoms with van der Waals surface area (Å²) >= 11 is 5.70. The van der Waals surface area contributed by atoms with E-state index in [0.717, 1.165) is 18.9 Å². The van der Waals surface area contributed by atoms with Crippen molar-refractivity contribution < 1.29 is 19.2 Å². The number of nitrogens with zero attached hydrogens (tertiary/aromatic N) is 2. The molecule has 1 fully saturated rings. The van der Waals surface area contributed by atoms with Gasteiger partial charge in [0.15, 0.2) is 6.61 Å². The molecule has 2 N–H and O–H groups in total. The Balaban J connectivity index is 1.59. The van der Waals surface area contributed by atoms with Crippen LogP contribution in [-0.4, -0.2) is 34.4 Å². The lowest BCUT2D eigenvalue weighted by Crippen LogP contribution is -2.21. The van der Waals surface area contributed by atoms with Crippen molar-refractivity contribution in [3.05, 3.63) is 57.2 Å². The Hall–Kier alpha value is -3.20. The second-order valence-corrected chi connectivity index (χ2v) is 6.33. The molecule has 140 valence electrons. The minimum absolute atomic E-state index is 0.0135. The number of nitro benzene ring substituents is 1. The Kier molecular flexibility index (Phi) is 5.51. The van der Waals surface area contributed by atoms with Gasteiger partial charge in [-0.2, -0.15) is 0 Å². The summed E-state index contributed by atoms with van der Waals surface area (Å²) in [6.07, 6.45) is 3.27. The van der Waals surface area contributed by atoms with Crippen molar-refractivity contribution in [2.75, 3.05) is 17.2 Å². The number of amides is 1. The van der Waals surface area contributed by atoms with Gasteiger partial charge in [0.2, 0.25) is 0 Å². The Bertz CT molecular complexity index is 883. The molecule has 0 unspecified atom stereocenters. The van der Waals surface area contributed by atoms with Crippen LogP contribution in [0.5, 0.6) is 0 Å². The topological polar surface area (TPSA) is 123 Å². The highest BCUT2D eigenvalue weighted by Crippen LogP contribution is 2.31. The van der Waals surface area contributed by atoms with E-state index < -0.39 is 23.4 Å². The number of nitro groups is 1. The van der Waals surface area contributed by atoms with E-state index in [1.807, 2.05) is 0 Å². The quantitative estimate of drug-likeness (QED) is 0.423. The molecule has 1 aliphatic rings. The highest BCUT2D eigenvalue weighted by molar-refractivity contribution is 6.30. The fourth-order valence-corrected chi connectivity index (χ4v) is 2.33. The molecule has 0 atom stereocenters. The van der Waals surface area contributed by atoms with Gasteiger partial charge in [-0.05, 0) is 37.1 Å². The first kappa shape index (κ1) is 18.6. The van der Waals surface area contributed by atoms with E-state index in [4.69, 9.17) is 16.3 Å². The van der Waals surface area contributed by atoms with Crippen LogP contribution >= 0.6 is 11.6 Å². The van der Waals surface area contributed by atoms with E-state index in [0.29, 0.717) is 10.7 Å². The molecule has 1 aromatic heterocycles. The van der Waals surface area contributed by atoms with Gasteiger partial charge < -0.3 is 15.4 Å². The Morgan fingerprint density at radius 2 is 2.07 bits per heavy atom. The number of carbonyl (C=O) groups is 2. The third-order valence-electron chi connectivity index (χ3n) is 3.70. The SMILES string of the molecule is O=C(COC(=O)c1ccc(NC2CC2)c([N+](=O)[O-])c1)Nc1ccc(Cl)cn1. The largest absolute Gasteiger partial charge is 0.452 e. The van der Waals surface area contributed by atoms with Crippen LogP contribution in [0.25, 0.3) is 0 Å². The number of ether oxygens (including phenoxy) is 1. The number of esters is 1. The number of anilines is 2. The fraction of sp³-hybridized carbons (Fsp3) is 0.235.